The number of likely N-dealkylation sites (tertiary alicyclic amines) is 1. The Balaban J connectivity index is 1.30. The molecular weight excluding hydrogens is 380 g/mol. The molecule has 1 fully saturated rings. The first kappa shape index (κ1) is 19.7. The van der Waals surface area contributed by atoms with Gasteiger partial charge in [0.15, 0.2) is 0 Å². The molecule has 4 rings (SSSR count). The molecule has 29 heavy (non-hydrogen) atoms. The highest BCUT2D eigenvalue weighted by Crippen LogP contribution is 2.23. The smallest absolute Gasteiger partial charge is 0.230 e. The van der Waals surface area contributed by atoms with Crippen molar-refractivity contribution >= 4 is 22.9 Å². The molecule has 150 valence electrons. The van der Waals surface area contributed by atoms with E-state index in [1.54, 1.807) is 12.4 Å². The van der Waals surface area contributed by atoms with Crippen LogP contribution in [0.4, 0.5) is 5.69 Å². The molecule has 1 atom stereocenters. The molecule has 1 amide bonds. The molecule has 1 aromatic carbocycles. The average Bonchev–Trinajstić information content (AvgIpc) is 3.18. The summed E-state index contributed by atoms with van der Waals surface area (Å²) >= 11 is 1.53. The van der Waals surface area contributed by atoms with E-state index in [9.17, 15) is 4.79 Å². The minimum absolute atomic E-state index is 0.0503. The maximum Gasteiger partial charge on any atom is 0.230 e. The molecule has 1 unspecified atom stereocenters. The van der Waals surface area contributed by atoms with Crippen molar-refractivity contribution in [1.82, 2.24) is 14.9 Å². The van der Waals surface area contributed by atoms with E-state index in [1.165, 1.54) is 42.8 Å². The standard InChI is InChI=1S/C23H26N4OS/c1-17-4-3-11-27(14-17)15-18-6-8-20(9-7-18)25-22(28)12-21-16-29-23(26-21)19-5-2-10-24-13-19/h2,5-10,13,16-17H,3-4,11-12,14-15H2,1H3,(H,25,28). The van der Waals surface area contributed by atoms with Crippen LogP contribution in [-0.2, 0) is 17.8 Å². The topological polar surface area (TPSA) is 58.1 Å². The summed E-state index contributed by atoms with van der Waals surface area (Å²) in [6, 6.07) is 12.1. The third-order valence-electron chi connectivity index (χ3n) is 5.19. The second-order valence-corrected chi connectivity index (χ2v) is 8.65. The van der Waals surface area contributed by atoms with Gasteiger partial charge in [-0.25, -0.2) is 4.98 Å². The fraction of sp³-hybridized carbons (Fsp3) is 0.348. The van der Waals surface area contributed by atoms with Gasteiger partial charge >= 0.3 is 0 Å². The van der Waals surface area contributed by atoms with Gasteiger partial charge in [0, 0.05) is 42.1 Å². The number of hydrogen-bond acceptors (Lipinski definition) is 5. The van der Waals surface area contributed by atoms with Crippen LogP contribution in [0.15, 0.2) is 54.2 Å². The van der Waals surface area contributed by atoms with Gasteiger partial charge in [-0.15, -0.1) is 11.3 Å². The number of pyridine rings is 1. The van der Waals surface area contributed by atoms with E-state index in [4.69, 9.17) is 0 Å². The Bertz CT molecular complexity index is 939. The number of anilines is 1. The molecule has 1 aliphatic rings. The summed E-state index contributed by atoms with van der Waals surface area (Å²) in [5.41, 5.74) is 3.87. The summed E-state index contributed by atoms with van der Waals surface area (Å²) in [6.45, 7) is 5.66. The van der Waals surface area contributed by atoms with E-state index in [0.717, 1.165) is 34.4 Å². The second kappa shape index (κ2) is 9.29. The molecule has 6 heteroatoms. The Labute approximate surface area is 175 Å². The molecule has 2 aromatic heterocycles. The highest BCUT2D eigenvalue weighted by Gasteiger charge is 2.16. The minimum Gasteiger partial charge on any atom is -0.326 e. The Morgan fingerprint density at radius 1 is 1.28 bits per heavy atom. The summed E-state index contributed by atoms with van der Waals surface area (Å²) in [4.78, 5) is 23.6. The molecule has 0 bridgehead atoms. The first-order valence-corrected chi connectivity index (χ1v) is 11.0. The molecular formula is C23H26N4OS. The Morgan fingerprint density at radius 3 is 2.90 bits per heavy atom. The van der Waals surface area contributed by atoms with Crippen molar-refractivity contribution in [3.05, 3.63) is 65.4 Å². The number of hydrogen-bond donors (Lipinski definition) is 1. The quantitative estimate of drug-likeness (QED) is 0.649. The second-order valence-electron chi connectivity index (χ2n) is 7.79. The number of aromatic nitrogens is 2. The van der Waals surface area contributed by atoms with E-state index in [2.05, 4.69) is 39.2 Å². The molecule has 3 aromatic rings. The molecule has 0 radical (unpaired) electrons. The van der Waals surface area contributed by atoms with E-state index in [1.807, 2.05) is 29.6 Å². The van der Waals surface area contributed by atoms with E-state index in [-0.39, 0.29) is 12.3 Å². The van der Waals surface area contributed by atoms with Crippen molar-refractivity contribution < 1.29 is 4.79 Å². The first-order chi connectivity index (χ1) is 14.2. The number of piperidine rings is 1. The Morgan fingerprint density at radius 2 is 2.14 bits per heavy atom. The molecule has 3 heterocycles. The largest absolute Gasteiger partial charge is 0.326 e. The van der Waals surface area contributed by atoms with Gasteiger partial charge in [-0.3, -0.25) is 14.7 Å². The predicted octanol–water partition coefficient (Wildman–Crippen LogP) is 4.62. The molecule has 1 aliphatic heterocycles. The van der Waals surface area contributed by atoms with Crippen molar-refractivity contribution in [3.8, 4) is 10.6 Å². The fourth-order valence-electron chi connectivity index (χ4n) is 3.76. The van der Waals surface area contributed by atoms with Crippen LogP contribution in [0.3, 0.4) is 0 Å². The van der Waals surface area contributed by atoms with Crippen molar-refractivity contribution in [2.75, 3.05) is 18.4 Å². The lowest BCUT2D eigenvalue weighted by Crippen LogP contribution is -2.33. The monoisotopic (exact) mass is 406 g/mol. The minimum atomic E-state index is -0.0503. The number of rotatable bonds is 6. The zero-order valence-corrected chi connectivity index (χ0v) is 17.5. The summed E-state index contributed by atoms with van der Waals surface area (Å²) < 4.78 is 0. The third-order valence-corrected chi connectivity index (χ3v) is 6.13. The molecule has 0 spiro atoms. The number of carbonyl (C=O) groups is 1. The van der Waals surface area contributed by atoms with Crippen molar-refractivity contribution in [3.63, 3.8) is 0 Å². The Kier molecular flexibility index (Phi) is 6.32. The Hall–Kier alpha value is -2.57. The van der Waals surface area contributed by atoms with Gasteiger partial charge in [-0.1, -0.05) is 19.1 Å². The normalized spacial score (nSPS) is 17.2. The maximum atomic E-state index is 12.4. The molecule has 0 aliphatic carbocycles. The van der Waals surface area contributed by atoms with Crippen LogP contribution in [0.1, 0.15) is 31.0 Å². The molecule has 1 saturated heterocycles. The zero-order chi connectivity index (χ0) is 20.1. The van der Waals surface area contributed by atoms with Crippen LogP contribution in [0.5, 0.6) is 0 Å². The van der Waals surface area contributed by atoms with Crippen molar-refractivity contribution in [2.45, 2.75) is 32.7 Å². The van der Waals surface area contributed by atoms with Crippen LogP contribution in [0.25, 0.3) is 10.6 Å². The lowest BCUT2D eigenvalue weighted by atomic mass is 10.00. The fourth-order valence-corrected chi connectivity index (χ4v) is 4.57. The van der Waals surface area contributed by atoms with E-state index >= 15 is 0 Å². The van der Waals surface area contributed by atoms with E-state index < -0.39 is 0 Å². The van der Waals surface area contributed by atoms with Gasteiger partial charge in [0.05, 0.1) is 12.1 Å². The number of carbonyl (C=O) groups excluding carboxylic acids is 1. The van der Waals surface area contributed by atoms with Crippen LogP contribution in [0.2, 0.25) is 0 Å². The summed E-state index contributed by atoms with van der Waals surface area (Å²) in [5.74, 6) is 0.734. The highest BCUT2D eigenvalue weighted by atomic mass is 32.1. The third kappa shape index (κ3) is 5.49. The molecule has 5 nitrogen and oxygen atoms in total. The van der Waals surface area contributed by atoms with Gasteiger partial charge in [0.1, 0.15) is 5.01 Å². The van der Waals surface area contributed by atoms with Gasteiger partial charge in [0.25, 0.3) is 0 Å². The van der Waals surface area contributed by atoms with Gasteiger partial charge in [-0.05, 0) is 55.1 Å². The van der Waals surface area contributed by atoms with Crippen molar-refractivity contribution in [2.24, 2.45) is 5.92 Å². The lowest BCUT2D eigenvalue weighted by molar-refractivity contribution is -0.115. The summed E-state index contributed by atoms with van der Waals surface area (Å²) in [6.07, 6.45) is 6.42. The molecule has 0 saturated carbocycles. The first-order valence-electron chi connectivity index (χ1n) is 10.1. The van der Waals surface area contributed by atoms with Crippen LogP contribution < -0.4 is 5.32 Å². The SMILES string of the molecule is CC1CCCN(Cc2ccc(NC(=O)Cc3csc(-c4cccnc4)n3)cc2)C1. The summed E-state index contributed by atoms with van der Waals surface area (Å²) in [5, 5.41) is 5.80. The predicted molar refractivity (Wildman–Crippen MR) is 118 cm³/mol. The van der Waals surface area contributed by atoms with E-state index in [0.29, 0.717) is 0 Å². The lowest BCUT2D eigenvalue weighted by Gasteiger charge is -2.30. The van der Waals surface area contributed by atoms with Crippen LogP contribution in [0, 0.1) is 5.92 Å². The van der Waals surface area contributed by atoms with Gasteiger partial charge in [0.2, 0.25) is 5.91 Å². The number of amides is 1. The van der Waals surface area contributed by atoms with Crippen LogP contribution in [-0.4, -0.2) is 33.9 Å². The average molecular weight is 407 g/mol. The number of nitrogens with one attached hydrogen (secondary N) is 1. The van der Waals surface area contributed by atoms with Crippen LogP contribution >= 0.6 is 11.3 Å². The zero-order valence-electron chi connectivity index (χ0n) is 16.7. The van der Waals surface area contributed by atoms with Crippen molar-refractivity contribution in [1.29, 1.82) is 0 Å². The maximum absolute atomic E-state index is 12.4. The molecule has 1 N–H and O–H groups in total. The van der Waals surface area contributed by atoms with Gasteiger partial charge in [-0.2, -0.15) is 0 Å². The van der Waals surface area contributed by atoms with Gasteiger partial charge < -0.3 is 5.32 Å². The number of thiazole rings is 1. The number of nitrogens with zero attached hydrogens (tertiary/aromatic N) is 3. The number of benzene rings is 1. The highest BCUT2D eigenvalue weighted by molar-refractivity contribution is 7.13. The summed E-state index contributed by atoms with van der Waals surface area (Å²) in [7, 11) is 0.